The average molecular weight is 230 g/mol. The summed E-state index contributed by atoms with van der Waals surface area (Å²) in [5, 5.41) is 12.5. The van der Waals surface area contributed by atoms with Gasteiger partial charge in [-0.15, -0.1) is 0 Å². The minimum absolute atomic E-state index is 0.662. The van der Waals surface area contributed by atoms with Crippen LogP contribution in [0.3, 0.4) is 0 Å². The zero-order valence-corrected chi connectivity index (χ0v) is 10.2. The third kappa shape index (κ3) is 2.98. The van der Waals surface area contributed by atoms with Crippen molar-refractivity contribution in [2.45, 2.75) is 19.8 Å². The summed E-state index contributed by atoms with van der Waals surface area (Å²) in [6, 6.07) is 8.06. The Morgan fingerprint density at radius 1 is 1.41 bits per heavy atom. The average Bonchev–Trinajstić information content (AvgIpc) is 2.38. The van der Waals surface area contributed by atoms with Crippen molar-refractivity contribution in [2.24, 2.45) is 5.92 Å². The van der Waals surface area contributed by atoms with E-state index in [4.69, 9.17) is 10.00 Å². The summed E-state index contributed by atoms with van der Waals surface area (Å²) in [7, 11) is 0. The molecule has 2 rings (SSSR count). The summed E-state index contributed by atoms with van der Waals surface area (Å²) < 4.78 is 5.34. The molecule has 17 heavy (non-hydrogen) atoms. The lowest BCUT2D eigenvalue weighted by molar-refractivity contribution is 0.0699. The molecule has 0 amide bonds. The summed E-state index contributed by atoms with van der Waals surface area (Å²) in [6.45, 7) is 4.70. The molecule has 1 N–H and O–H groups in total. The number of hydrogen-bond acceptors (Lipinski definition) is 3. The topological polar surface area (TPSA) is 45.0 Å². The van der Waals surface area contributed by atoms with Crippen molar-refractivity contribution in [3.05, 3.63) is 29.3 Å². The van der Waals surface area contributed by atoms with Gasteiger partial charge in [-0.05, 0) is 37.3 Å². The van der Waals surface area contributed by atoms with E-state index in [-0.39, 0.29) is 0 Å². The van der Waals surface area contributed by atoms with Crippen molar-refractivity contribution in [3.63, 3.8) is 0 Å². The Balaban J connectivity index is 2.00. The predicted molar refractivity (Wildman–Crippen MR) is 67.9 cm³/mol. The molecule has 1 aliphatic heterocycles. The first-order valence-electron chi connectivity index (χ1n) is 6.12. The Kier molecular flexibility index (Phi) is 4.00. The van der Waals surface area contributed by atoms with Crippen LogP contribution in [0.1, 0.15) is 24.0 Å². The van der Waals surface area contributed by atoms with Crippen molar-refractivity contribution in [3.8, 4) is 6.07 Å². The molecule has 0 unspecified atom stereocenters. The molecular formula is C14H18N2O. The van der Waals surface area contributed by atoms with E-state index in [0.29, 0.717) is 5.92 Å². The van der Waals surface area contributed by atoms with Crippen molar-refractivity contribution >= 4 is 5.69 Å². The van der Waals surface area contributed by atoms with Gasteiger partial charge in [-0.3, -0.25) is 0 Å². The highest BCUT2D eigenvalue weighted by Crippen LogP contribution is 2.22. The van der Waals surface area contributed by atoms with Crippen LogP contribution >= 0.6 is 0 Å². The fraction of sp³-hybridized carbons (Fsp3) is 0.500. The summed E-state index contributed by atoms with van der Waals surface area (Å²) in [6.07, 6.45) is 2.22. The van der Waals surface area contributed by atoms with Crippen molar-refractivity contribution in [2.75, 3.05) is 25.1 Å². The first-order valence-corrected chi connectivity index (χ1v) is 6.12. The summed E-state index contributed by atoms with van der Waals surface area (Å²) >= 11 is 0. The highest BCUT2D eigenvalue weighted by molar-refractivity contribution is 5.62. The van der Waals surface area contributed by atoms with Gasteiger partial charge in [-0.1, -0.05) is 12.1 Å². The number of nitriles is 1. The van der Waals surface area contributed by atoms with Crippen LogP contribution in [0.4, 0.5) is 5.69 Å². The van der Waals surface area contributed by atoms with Crippen molar-refractivity contribution < 1.29 is 4.74 Å². The number of aryl methyl sites for hydroxylation is 1. The van der Waals surface area contributed by atoms with Gasteiger partial charge in [-0.25, -0.2) is 0 Å². The SMILES string of the molecule is Cc1cccc(C#N)c1NCC1CCOCC1. The van der Waals surface area contributed by atoms with Crippen LogP contribution in [0.25, 0.3) is 0 Å². The molecule has 3 heteroatoms. The quantitative estimate of drug-likeness (QED) is 0.868. The zero-order chi connectivity index (χ0) is 12.1. The third-order valence-corrected chi connectivity index (χ3v) is 3.30. The van der Waals surface area contributed by atoms with E-state index in [9.17, 15) is 0 Å². The normalized spacial score (nSPS) is 16.5. The molecule has 0 spiro atoms. The second-order valence-electron chi connectivity index (χ2n) is 4.55. The van der Waals surface area contributed by atoms with Crippen molar-refractivity contribution in [1.82, 2.24) is 0 Å². The number of benzene rings is 1. The van der Waals surface area contributed by atoms with Gasteiger partial charge >= 0.3 is 0 Å². The Bertz CT molecular complexity index is 417. The van der Waals surface area contributed by atoms with Crippen LogP contribution in [0.15, 0.2) is 18.2 Å². The number of hydrogen-bond donors (Lipinski definition) is 1. The number of anilines is 1. The number of rotatable bonds is 3. The maximum atomic E-state index is 9.07. The molecule has 0 saturated carbocycles. The maximum absolute atomic E-state index is 9.07. The van der Waals surface area contributed by atoms with Gasteiger partial charge in [0.15, 0.2) is 0 Å². The van der Waals surface area contributed by atoms with Gasteiger partial charge in [0.25, 0.3) is 0 Å². The Morgan fingerprint density at radius 3 is 2.88 bits per heavy atom. The van der Waals surface area contributed by atoms with E-state index >= 15 is 0 Å². The molecular weight excluding hydrogens is 212 g/mol. The highest BCUT2D eigenvalue weighted by atomic mass is 16.5. The van der Waals surface area contributed by atoms with Gasteiger partial charge in [0, 0.05) is 19.8 Å². The fourth-order valence-electron chi connectivity index (χ4n) is 2.19. The molecule has 1 saturated heterocycles. The molecule has 0 bridgehead atoms. The van der Waals surface area contributed by atoms with E-state index < -0.39 is 0 Å². The molecule has 0 aliphatic carbocycles. The monoisotopic (exact) mass is 230 g/mol. The molecule has 0 aromatic heterocycles. The van der Waals surface area contributed by atoms with Crippen LogP contribution in [-0.4, -0.2) is 19.8 Å². The molecule has 90 valence electrons. The largest absolute Gasteiger partial charge is 0.383 e. The van der Waals surface area contributed by atoms with Crippen LogP contribution in [0.5, 0.6) is 0 Å². The lowest BCUT2D eigenvalue weighted by Gasteiger charge is -2.23. The molecule has 0 radical (unpaired) electrons. The lowest BCUT2D eigenvalue weighted by atomic mass is 9.99. The zero-order valence-electron chi connectivity index (χ0n) is 10.2. The summed E-state index contributed by atoms with van der Waals surface area (Å²) in [4.78, 5) is 0. The van der Waals surface area contributed by atoms with E-state index in [1.54, 1.807) is 0 Å². The Morgan fingerprint density at radius 2 is 2.18 bits per heavy atom. The van der Waals surface area contributed by atoms with Crippen LogP contribution in [-0.2, 0) is 4.74 Å². The van der Waals surface area contributed by atoms with E-state index in [0.717, 1.165) is 49.4 Å². The standard InChI is InChI=1S/C14H18N2O/c1-11-3-2-4-13(9-15)14(11)16-10-12-5-7-17-8-6-12/h2-4,12,16H,5-8,10H2,1H3. The van der Waals surface area contributed by atoms with Gasteiger partial charge in [0.1, 0.15) is 6.07 Å². The Labute approximate surface area is 102 Å². The minimum Gasteiger partial charge on any atom is -0.383 e. The number of para-hydroxylation sites is 1. The molecule has 1 heterocycles. The van der Waals surface area contributed by atoms with Gasteiger partial charge < -0.3 is 10.1 Å². The second-order valence-corrected chi connectivity index (χ2v) is 4.55. The highest BCUT2D eigenvalue weighted by Gasteiger charge is 2.14. The lowest BCUT2D eigenvalue weighted by Crippen LogP contribution is -2.23. The van der Waals surface area contributed by atoms with Crippen LogP contribution in [0.2, 0.25) is 0 Å². The van der Waals surface area contributed by atoms with Crippen LogP contribution < -0.4 is 5.32 Å². The first-order chi connectivity index (χ1) is 8.31. The number of nitrogens with one attached hydrogen (secondary N) is 1. The van der Waals surface area contributed by atoms with E-state index in [1.807, 2.05) is 25.1 Å². The van der Waals surface area contributed by atoms with Gasteiger partial charge in [0.2, 0.25) is 0 Å². The first kappa shape index (κ1) is 11.9. The fourth-order valence-corrected chi connectivity index (χ4v) is 2.19. The van der Waals surface area contributed by atoms with Crippen LogP contribution in [0, 0.1) is 24.2 Å². The number of ether oxygens (including phenoxy) is 1. The predicted octanol–water partition coefficient (Wildman–Crippen LogP) is 2.71. The number of nitrogens with zero attached hydrogens (tertiary/aromatic N) is 1. The summed E-state index contributed by atoms with van der Waals surface area (Å²) in [5.74, 6) is 0.662. The molecule has 1 aromatic rings. The molecule has 1 aromatic carbocycles. The van der Waals surface area contributed by atoms with E-state index in [1.165, 1.54) is 0 Å². The Hall–Kier alpha value is -1.53. The molecule has 0 atom stereocenters. The molecule has 3 nitrogen and oxygen atoms in total. The van der Waals surface area contributed by atoms with Crippen molar-refractivity contribution in [1.29, 1.82) is 5.26 Å². The molecule has 1 aliphatic rings. The van der Waals surface area contributed by atoms with E-state index in [2.05, 4.69) is 11.4 Å². The minimum atomic E-state index is 0.662. The maximum Gasteiger partial charge on any atom is 0.101 e. The third-order valence-electron chi connectivity index (χ3n) is 3.30. The summed E-state index contributed by atoms with van der Waals surface area (Å²) in [5.41, 5.74) is 2.86. The second kappa shape index (κ2) is 5.70. The van der Waals surface area contributed by atoms with Gasteiger partial charge in [0.05, 0.1) is 11.3 Å². The van der Waals surface area contributed by atoms with Gasteiger partial charge in [-0.2, -0.15) is 5.26 Å². The smallest absolute Gasteiger partial charge is 0.101 e. The molecule has 1 fully saturated rings.